The minimum atomic E-state index is -1.09. The molecular weight excluding hydrogens is 440 g/mol. The number of nitrogens with one attached hydrogen (secondary N) is 1. The molecule has 5 rings (SSSR count). The molecule has 2 fully saturated rings. The smallest absolute Gasteiger partial charge is 0.313 e. The van der Waals surface area contributed by atoms with Crippen LogP contribution in [0.2, 0.25) is 0 Å². The van der Waals surface area contributed by atoms with E-state index < -0.39 is 36.1 Å². The maximum Gasteiger partial charge on any atom is 0.313 e. The van der Waals surface area contributed by atoms with Gasteiger partial charge in [-0.15, -0.1) is 5.06 Å². The Morgan fingerprint density at radius 1 is 1.38 bits per heavy atom. The van der Waals surface area contributed by atoms with Gasteiger partial charge in [-0.25, -0.2) is 4.99 Å². The van der Waals surface area contributed by atoms with Crippen LogP contribution in [0.15, 0.2) is 41.1 Å². The number of hydrogen-bond donors (Lipinski definition) is 5. The molecule has 7 N–H and O–H groups in total. The summed E-state index contributed by atoms with van der Waals surface area (Å²) >= 11 is 0. The number of allylic oxidation sites excluding steroid dienone is 5. The second kappa shape index (κ2) is 8.97. The summed E-state index contributed by atoms with van der Waals surface area (Å²) in [7, 11) is 0. The van der Waals surface area contributed by atoms with Crippen molar-refractivity contribution in [3.05, 3.63) is 36.1 Å². The number of esters is 1. The van der Waals surface area contributed by atoms with Gasteiger partial charge in [-0.2, -0.15) is 0 Å². The largest absolute Gasteiger partial charge is 0.490 e. The Labute approximate surface area is 198 Å². The monoisotopic (exact) mass is 474 g/mol. The van der Waals surface area contributed by atoms with Crippen molar-refractivity contribution in [2.75, 3.05) is 13.2 Å². The summed E-state index contributed by atoms with van der Waals surface area (Å²) in [5.41, 5.74) is 11.3. The number of carbonyl (C=O) groups is 1. The summed E-state index contributed by atoms with van der Waals surface area (Å²) in [5.74, 6) is -0.0961. The first-order chi connectivity index (χ1) is 16.4. The third kappa shape index (κ3) is 3.54. The lowest BCUT2D eigenvalue weighted by molar-refractivity contribution is -0.226. The fourth-order valence-corrected chi connectivity index (χ4v) is 6.07. The number of nitrogens with zero attached hydrogens (tertiary/aromatic N) is 3. The maximum absolute atomic E-state index is 13.4. The number of carbonyl (C=O) groups excluding carboxylic acids is 1. The van der Waals surface area contributed by atoms with Crippen molar-refractivity contribution >= 4 is 11.9 Å². The average molecular weight is 475 g/mol. The molecule has 5 aliphatic rings. The zero-order valence-corrected chi connectivity index (χ0v) is 19.3. The molecule has 11 nitrogen and oxygen atoms in total. The van der Waals surface area contributed by atoms with E-state index in [0.717, 1.165) is 30.1 Å². The maximum atomic E-state index is 13.4. The molecule has 8 atom stereocenters. The molecule has 1 spiro atoms. The van der Waals surface area contributed by atoms with E-state index >= 15 is 0 Å². The number of aliphatic hydroxyl groups is 1. The van der Waals surface area contributed by atoms with E-state index in [1.54, 1.807) is 4.90 Å². The minimum absolute atomic E-state index is 0.176. The second-order valence-electron chi connectivity index (χ2n) is 9.62. The van der Waals surface area contributed by atoms with Crippen molar-refractivity contribution < 1.29 is 24.6 Å². The summed E-state index contributed by atoms with van der Waals surface area (Å²) in [6.45, 7) is 1.89. The van der Waals surface area contributed by atoms with Gasteiger partial charge in [0.15, 0.2) is 5.96 Å². The molecule has 3 aliphatic heterocycles. The Bertz CT molecular complexity index is 937. The topological polar surface area (TPSA) is 159 Å². The number of aliphatic imine (C=N–C) groups is 1. The summed E-state index contributed by atoms with van der Waals surface area (Å²) in [5, 5.41) is 25.1. The number of ether oxygens (including phenoxy) is 2. The highest BCUT2D eigenvalue weighted by atomic mass is 16.6. The van der Waals surface area contributed by atoms with E-state index in [-0.39, 0.29) is 37.1 Å². The van der Waals surface area contributed by atoms with E-state index in [2.05, 4.69) is 16.4 Å². The quantitative estimate of drug-likeness (QED) is 0.265. The van der Waals surface area contributed by atoms with E-state index in [9.17, 15) is 15.1 Å². The van der Waals surface area contributed by atoms with Crippen molar-refractivity contribution in [1.82, 2.24) is 15.3 Å². The molecule has 2 aliphatic carbocycles. The average Bonchev–Trinajstić information content (AvgIpc) is 3.29. The Morgan fingerprint density at radius 2 is 2.21 bits per heavy atom. The first-order valence-corrected chi connectivity index (χ1v) is 12.0. The van der Waals surface area contributed by atoms with Crippen LogP contribution in [-0.2, 0) is 14.3 Å². The Hall–Kier alpha value is -2.44. The Kier molecular flexibility index (Phi) is 6.15. The Balaban J connectivity index is 1.36. The van der Waals surface area contributed by atoms with Crippen LogP contribution in [0.5, 0.6) is 0 Å². The molecule has 3 heterocycles. The third-order valence-electron chi connectivity index (χ3n) is 7.81. The fourth-order valence-electron chi connectivity index (χ4n) is 6.07. The van der Waals surface area contributed by atoms with Gasteiger partial charge in [-0.1, -0.05) is 25.2 Å². The lowest BCUT2D eigenvalue weighted by Crippen LogP contribution is -2.71. The lowest BCUT2D eigenvalue weighted by Gasteiger charge is -2.49. The summed E-state index contributed by atoms with van der Waals surface area (Å²) < 4.78 is 12.2. The molecule has 0 saturated carbocycles. The molecule has 186 valence electrons. The molecule has 0 radical (unpaired) electrons. The van der Waals surface area contributed by atoms with Crippen molar-refractivity contribution in [2.24, 2.45) is 28.3 Å². The second-order valence-corrected chi connectivity index (χ2v) is 9.62. The van der Waals surface area contributed by atoms with Crippen molar-refractivity contribution in [3.8, 4) is 0 Å². The number of aliphatic hydroxyl groups excluding tert-OH is 1. The molecule has 0 aromatic rings. The van der Waals surface area contributed by atoms with E-state index in [1.165, 1.54) is 0 Å². The van der Waals surface area contributed by atoms with Crippen LogP contribution in [0.3, 0.4) is 0 Å². The standard InChI is InChI=1S/C23H34N6O5/c1-13-18(11-28-21(24)26-16(12-30)19-23(13,28)29(32)22(25)27-19)34-20(31)15-9-5-6-10-17(15)33-14-7-3-2-4-8-14/h2-3,6-7,10,13,15-19,22,27,30,32H,4-5,8-9,11-12,25H2,1H3,(H2,24,26)/t13?,15?,16-,17?,18-,19?,22?,23?/m0/s1. The predicted molar refractivity (Wildman–Crippen MR) is 123 cm³/mol. The zero-order valence-electron chi connectivity index (χ0n) is 19.3. The van der Waals surface area contributed by atoms with Gasteiger partial charge in [-0.3, -0.25) is 10.1 Å². The minimum Gasteiger partial charge on any atom is -0.490 e. The highest BCUT2D eigenvalue weighted by Crippen LogP contribution is 2.47. The number of nitrogens with two attached hydrogens (primary N) is 2. The van der Waals surface area contributed by atoms with Crippen molar-refractivity contribution in [2.45, 2.75) is 68.9 Å². The van der Waals surface area contributed by atoms with Crippen LogP contribution in [0.1, 0.15) is 32.6 Å². The molecule has 11 heteroatoms. The highest BCUT2D eigenvalue weighted by molar-refractivity contribution is 5.81. The van der Waals surface area contributed by atoms with Gasteiger partial charge in [-0.05, 0) is 31.4 Å². The van der Waals surface area contributed by atoms with Gasteiger partial charge in [0.05, 0.1) is 36.9 Å². The van der Waals surface area contributed by atoms with Crippen LogP contribution in [0.4, 0.5) is 0 Å². The van der Waals surface area contributed by atoms with Gasteiger partial charge in [0.1, 0.15) is 24.2 Å². The molecule has 34 heavy (non-hydrogen) atoms. The number of hydroxylamine groups is 2. The van der Waals surface area contributed by atoms with Crippen molar-refractivity contribution in [1.29, 1.82) is 0 Å². The summed E-state index contributed by atoms with van der Waals surface area (Å²) in [6, 6.07) is -1.08. The SMILES string of the molecule is CC1[C@@H](OC(=O)C2CCC=CC2OC2=CC=CCC2)CN2C(N)=N[C@@H](CO)C3NC(N)N(O)C312. The highest BCUT2D eigenvalue weighted by Gasteiger charge is 2.69. The predicted octanol–water partition coefficient (Wildman–Crippen LogP) is -0.274. The van der Waals surface area contributed by atoms with Gasteiger partial charge in [0, 0.05) is 12.3 Å². The van der Waals surface area contributed by atoms with E-state index in [0.29, 0.717) is 6.42 Å². The molecule has 0 aromatic heterocycles. The van der Waals surface area contributed by atoms with Crippen LogP contribution in [0.25, 0.3) is 0 Å². The van der Waals surface area contributed by atoms with Crippen LogP contribution in [-0.4, -0.2) is 81.6 Å². The van der Waals surface area contributed by atoms with Gasteiger partial charge >= 0.3 is 5.97 Å². The molecule has 0 bridgehead atoms. The van der Waals surface area contributed by atoms with E-state index in [1.807, 2.05) is 31.2 Å². The van der Waals surface area contributed by atoms with Crippen LogP contribution >= 0.6 is 0 Å². The van der Waals surface area contributed by atoms with Crippen LogP contribution in [0, 0.1) is 11.8 Å². The van der Waals surface area contributed by atoms with E-state index in [4.69, 9.17) is 20.9 Å². The van der Waals surface area contributed by atoms with Gasteiger partial charge in [0.2, 0.25) is 0 Å². The van der Waals surface area contributed by atoms with Crippen molar-refractivity contribution in [3.63, 3.8) is 0 Å². The molecule has 0 amide bonds. The Morgan fingerprint density at radius 3 is 2.94 bits per heavy atom. The number of rotatable bonds is 5. The summed E-state index contributed by atoms with van der Waals surface area (Å²) in [4.78, 5) is 19.5. The molecule has 0 aromatic carbocycles. The first-order valence-electron chi connectivity index (χ1n) is 12.0. The first kappa shape index (κ1) is 23.3. The fraction of sp³-hybridized carbons (Fsp3) is 0.652. The van der Waals surface area contributed by atoms with Crippen LogP contribution < -0.4 is 16.8 Å². The molecular formula is C23H34N6O5. The number of guanidine groups is 1. The third-order valence-corrected chi connectivity index (χ3v) is 7.81. The molecule has 6 unspecified atom stereocenters. The zero-order chi connectivity index (χ0) is 24.0. The van der Waals surface area contributed by atoms with Gasteiger partial charge in [0.25, 0.3) is 0 Å². The van der Waals surface area contributed by atoms with Gasteiger partial charge < -0.3 is 36.2 Å². The lowest BCUT2D eigenvalue weighted by atomic mass is 9.83. The molecule has 2 saturated heterocycles. The number of hydrogen-bond acceptors (Lipinski definition) is 11. The summed E-state index contributed by atoms with van der Waals surface area (Å²) in [6.07, 6.45) is 11.3. The normalized spacial score (nSPS) is 41.5.